The number of carbonyl (C=O) groups excluding carboxylic acids is 2. The molecule has 0 amide bonds. The first-order chi connectivity index (χ1) is 25.1. The van der Waals surface area contributed by atoms with Gasteiger partial charge in [-0.05, 0) is 25.7 Å². The number of hydrogen-bond donors (Lipinski definition) is 1. The molecule has 0 aromatic rings. The van der Waals surface area contributed by atoms with Crippen molar-refractivity contribution >= 4 is 17.9 Å². The van der Waals surface area contributed by atoms with E-state index in [0.29, 0.717) is 12.8 Å². The van der Waals surface area contributed by atoms with Crippen LogP contribution in [0.4, 0.5) is 0 Å². The zero-order valence-electron chi connectivity index (χ0n) is 34.3. The summed E-state index contributed by atoms with van der Waals surface area (Å²) in [7, 11) is 5.49. The summed E-state index contributed by atoms with van der Waals surface area (Å²) in [4.78, 5) is 36.7. The molecule has 302 valence electrons. The number of rotatable bonds is 37. The maximum Gasteiger partial charge on any atom is 0.362 e. The lowest BCUT2D eigenvalue weighted by Crippen LogP contribution is -2.50. The first-order valence-corrected chi connectivity index (χ1v) is 21.0. The smallest absolute Gasteiger partial charge is 0.362 e. The van der Waals surface area contributed by atoms with Gasteiger partial charge in [0.05, 0.1) is 40.8 Å². The Kier molecular flexibility index (Phi) is 33.9. The Bertz CT molecular complexity index is 953. The number of carboxylic acids is 1. The Hall–Kier alpha value is -2.45. The fourth-order valence-corrected chi connectivity index (χ4v) is 6.10. The zero-order chi connectivity index (χ0) is 38.5. The highest BCUT2D eigenvalue weighted by molar-refractivity contribution is 5.72. The molecular formula is C44H80NO7+. The van der Waals surface area contributed by atoms with Gasteiger partial charge in [0, 0.05) is 12.8 Å². The summed E-state index contributed by atoms with van der Waals surface area (Å²) >= 11 is 0. The molecule has 0 rings (SSSR count). The Labute approximate surface area is 319 Å². The van der Waals surface area contributed by atoms with Gasteiger partial charge in [-0.2, -0.15) is 0 Å². The number of likely N-dealkylation sites (N-methyl/N-ethyl adjacent to an activating group) is 1. The molecule has 0 aliphatic rings. The Morgan fingerprint density at radius 3 is 1.52 bits per heavy atom. The van der Waals surface area contributed by atoms with E-state index < -0.39 is 24.1 Å². The maximum absolute atomic E-state index is 12.6. The number of carbonyl (C=O) groups is 3. The van der Waals surface area contributed by atoms with Crippen molar-refractivity contribution in [3.63, 3.8) is 0 Å². The first kappa shape index (κ1) is 49.6. The highest BCUT2D eigenvalue weighted by atomic mass is 16.6. The number of aliphatic carboxylic acids is 1. The Balaban J connectivity index is 4.27. The van der Waals surface area contributed by atoms with Gasteiger partial charge >= 0.3 is 17.9 Å². The molecule has 52 heavy (non-hydrogen) atoms. The second-order valence-electron chi connectivity index (χ2n) is 15.2. The van der Waals surface area contributed by atoms with Crippen molar-refractivity contribution in [1.29, 1.82) is 0 Å². The molecule has 0 aliphatic heterocycles. The van der Waals surface area contributed by atoms with Gasteiger partial charge in [0.25, 0.3) is 0 Å². The average molecular weight is 735 g/mol. The first-order valence-electron chi connectivity index (χ1n) is 21.0. The SMILES string of the molecule is CC/C=C/C/C=C/C/C=C/CC(=O)OC(COCCC(C(=O)O)[N+](C)(C)C)COC(=O)CCCCCCCCCCCCCCCCCCCCC. The van der Waals surface area contributed by atoms with E-state index in [1.807, 2.05) is 27.2 Å². The lowest BCUT2D eigenvalue weighted by atomic mass is 10.0. The molecule has 2 atom stereocenters. The van der Waals surface area contributed by atoms with E-state index in [4.69, 9.17) is 14.2 Å². The van der Waals surface area contributed by atoms with E-state index in [2.05, 4.69) is 38.2 Å². The second kappa shape index (κ2) is 35.6. The van der Waals surface area contributed by atoms with Crippen molar-refractivity contribution in [3.05, 3.63) is 36.5 Å². The van der Waals surface area contributed by atoms with Gasteiger partial charge in [0.2, 0.25) is 0 Å². The van der Waals surface area contributed by atoms with E-state index in [1.54, 1.807) is 6.08 Å². The molecule has 0 aromatic carbocycles. The van der Waals surface area contributed by atoms with Crippen molar-refractivity contribution in [3.8, 4) is 0 Å². The van der Waals surface area contributed by atoms with Crippen LogP contribution >= 0.6 is 0 Å². The summed E-state index contributed by atoms with van der Waals surface area (Å²) in [6, 6.07) is -0.625. The Morgan fingerprint density at radius 2 is 1.06 bits per heavy atom. The summed E-state index contributed by atoms with van der Waals surface area (Å²) in [6.45, 7) is 4.51. The Morgan fingerprint density at radius 1 is 0.596 bits per heavy atom. The van der Waals surface area contributed by atoms with Gasteiger partial charge in [-0.1, -0.05) is 166 Å². The highest BCUT2D eigenvalue weighted by Crippen LogP contribution is 2.15. The molecule has 8 nitrogen and oxygen atoms in total. The van der Waals surface area contributed by atoms with E-state index in [-0.39, 0.29) is 36.7 Å². The van der Waals surface area contributed by atoms with Crippen LogP contribution in [0.25, 0.3) is 0 Å². The normalized spacial score (nSPS) is 13.3. The predicted molar refractivity (Wildman–Crippen MR) is 215 cm³/mol. The summed E-state index contributed by atoms with van der Waals surface area (Å²) in [5.41, 5.74) is 0. The molecule has 0 aliphatic carbocycles. The maximum atomic E-state index is 12.6. The van der Waals surface area contributed by atoms with Crippen LogP contribution in [0.3, 0.4) is 0 Å². The van der Waals surface area contributed by atoms with Crippen molar-refractivity contribution in [2.24, 2.45) is 0 Å². The summed E-state index contributed by atoms with van der Waals surface area (Å²) in [5, 5.41) is 9.58. The summed E-state index contributed by atoms with van der Waals surface area (Å²) in [5.74, 6) is -1.62. The van der Waals surface area contributed by atoms with Crippen LogP contribution in [-0.2, 0) is 28.6 Å². The molecule has 0 spiro atoms. The van der Waals surface area contributed by atoms with Gasteiger partial charge in [0.15, 0.2) is 12.1 Å². The van der Waals surface area contributed by atoms with E-state index in [0.717, 1.165) is 38.5 Å². The third kappa shape index (κ3) is 33.4. The molecular weight excluding hydrogens is 654 g/mol. The van der Waals surface area contributed by atoms with Crippen LogP contribution < -0.4 is 0 Å². The van der Waals surface area contributed by atoms with Gasteiger partial charge < -0.3 is 23.8 Å². The molecule has 0 aromatic heterocycles. The number of esters is 2. The quantitative estimate of drug-likeness (QED) is 0.0293. The minimum absolute atomic E-state index is 0.0273. The molecule has 0 saturated heterocycles. The van der Waals surface area contributed by atoms with Crippen LogP contribution in [0, 0.1) is 0 Å². The molecule has 8 heteroatoms. The van der Waals surface area contributed by atoms with Crippen LogP contribution in [0.1, 0.15) is 174 Å². The standard InChI is InChI=1S/C44H79NO7/c1-6-8-10-12-14-16-17-18-19-20-21-22-23-24-25-27-28-30-32-34-42(46)51-39-40(38-50-37-36-41(44(48)49)45(3,4)5)52-43(47)35-33-31-29-26-15-13-11-9-7-2/h9,11,15,26,31,33,40-41H,6-8,10,12-14,16-25,27-30,32,34-39H2,1-5H3/p+1/b11-9+,26-15+,33-31+. The van der Waals surface area contributed by atoms with Crippen LogP contribution in [-0.4, -0.2) is 80.6 Å². The van der Waals surface area contributed by atoms with Crippen LogP contribution in [0.15, 0.2) is 36.5 Å². The predicted octanol–water partition coefficient (Wildman–Crippen LogP) is 11.1. The van der Waals surface area contributed by atoms with Gasteiger partial charge in [-0.3, -0.25) is 9.59 Å². The topological polar surface area (TPSA) is 99.1 Å². The number of unbranched alkanes of at least 4 members (excludes halogenated alkanes) is 18. The summed E-state index contributed by atoms with van der Waals surface area (Å²) in [6.07, 6.45) is 39.5. The van der Waals surface area contributed by atoms with Gasteiger partial charge in [0.1, 0.15) is 6.61 Å². The lowest BCUT2D eigenvalue weighted by molar-refractivity contribution is -0.887. The molecule has 0 bridgehead atoms. The minimum atomic E-state index is -0.887. The third-order valence-corrected chi connectivity index (χ3v) is 9.34. The van der Waals surface area contributed by atoms with Crippen molar-refractivity contribution in [2.45, 2.75) is 187 Å². The zero-order valence-corrected chi connectivity index (χ0v) is 34.3. The van der Waals surface area contributed by atoms with Crippen molar-refractivity contribution in [2.75, 3.05) is 41.0 Å². The molecule has 2 unspecified atom stereocenters. The fraction of sp³-hybridized carbons (Fsp3) is 0.795. The monoisotopic (exact) mass is 735 g/mol. The van der Waals surface area contributed by atoms with Gasteiger partial charge in [-0.15, -0.1) is 0 Å². The number of quaternary nitrogens is 1. The number of ether oxygens (including phenoxy) is 3. The molecule has 0 heterocycles. The van der Waals surface area contributed by atoms with Crippen LogP contribution in [0.5, 0.6) is 0 Å². The highest BCUT2D eigenvalue weighted by Gasteiger charge is 2.31. The summed E-state index contributed by atoms with van der Waals surface area (Å²) < 4.78 is 17.1. The number of carboxylic acid groups (broad SMARTS) is 1. The van der Waals surface area contributed by atoms with Crippen LogP contribution in [0.2, 0.25) is 0 Å². The third-order valence-electron chi connectivity index (χ3n) is 9.34. The van der Waals surface area contributed by atoms with E-state index >= 15 is 0 Å². The van der Waals surface area contributed by atoms with E-state index in [1.165, 1.54) is 103 Å². The van der Waals surface area contributed by atoms with Crippen molar-refractivity contribution in [1.82, 2.24) is 0 Å². The fourth-order valence-electron chi connectivity index (χ4n) is 6.10. The second-order valence-corrected chi connectivity index (χ2v) is 15.2. The molecule has 1 N–H and O–H groups in total. The molecule has 0 fully saturated rings. The van der Waals surface area contributed by atoms with Crippen molar-refractivity contribution < 1.29 is 38.2 Å². The van der Waals surface area contributed by atoms with E-state index in [9.17, 15) is 19.5 Å². The lowest BCUT2D eigenvalue weighted by Gasteiger charge is -2.31. The minimum Gasteiger partial charge on any atom is -0.477 e. The molecule has 0 radical (unpaired) electrons. The number of nitrogens with zero attached hydrogens (tertiary/aromatic N) is 1. The number of allylic oxidation sites excluding steroid dienone is 5. The largest absolute Gasteiger partial charge is 0.477 e. The van der Waals surface area contributed by atoms with Gasteiger partial charge in [-0.25, -0.2) is 4.79 Å². The number of hydrogen-bond acceptors (Lipinski definition) is 6. The molecule has 0 saturated carbocycles. The average Bonchev–Trinajstić information content (AvgIpc) is 3.09.